The third kappa shape index (κ3) is 4.74. The predicted molar refractivity (Wildman–Crippen MR) is 96.5 cm³/mol. The number of rotatable bonds is 9. The van der Waals surface area contributed by atoms with Gasteiger partial charge in [-0.05, 0) is 44.9 Å². The van der Waals surface area contributed by atoms with Crippen molar-refractivity contribution in [3.05, 3.63) is 30.0 Å². The molecule has 0 aliphatic carbocycles. The summed E-state index contributed by atoms with van der Waals surface area (Å²) in [7, 11) is 1.84. The summed E-state index contributed by atoms with van der Waals surface area (Å²) in [4.78, 5) is 17.5. The van der Waals surface area contributed by atoms with E-state index in [1.807, 2.05) is 52.2 Å². The summed E-state index contributed by atoms with van der Waals surface area (Å²) in [6.45, 7) is 7.98. The quantitative estimate of drug-likeness (QED) is 0.716. The first-order valence-electron chi connectivity index (χ1n) is 8.60. The third-order valence-corrected chi connectivity index (χ3v) is 3.91. The molecule has 1 aromatic heterocycles. The van der Waals surface area contributed by atoms with Gasteiger partial charge in [0, 0.05) is 37.3 Å². The normalized spacial score (nSPS) is 11.2. The number of hydrogen-bond donors (Lipinski definition) is 1. The highest BCUT2D eigenvalue weighted by Gasteiger charge is 2.15. The van der Waals surface area contributed by atoms with Crippen LogP contribution in [-0.4, -0.2) is 48.7 Å². The van der Waals surface area contributed by atoms with Gasteiger partial charge >= 0.3 is 0 Å². The summed E-state index contributed by atoms with van der Waals surface area (Å²) in [6, 6.07) is 5.90. The van der Waals surface area contributed by atoms with Crippen LogP contribution in [0.5, 0.6) is 5.75 Å². The van der Waals surface area contributed by atoms with Crippen LogP contribution in [0.15, 0.2) is 24.4 Å². The third-order valence-electron chi connectivity index (χ3n) is 3.91. The second-order valence-electron chi connectivity index (χ2n) is 6.19. The Morgan fingerprint density at radius 2 is 2.12 bits per heavy atom. The lowest BCUT2D eigenvalue weighted by molar-refractivity contribution is -0.129. The number of H-pyrrole nitrogens is 1. The molecule has 0 atom stereocenters. The summed E-state index contributed by atoms with van der Waals surface area (Å²) in [6.07, 6.45) is 3.35. The number of benzene rings is 1. The van der Waals surface area contributed by atoms with E-state index in [1.165, 1.54) is 0 Å². The fraction of sp³-hybridized carbons (Fsp3) is 0.526. The zero-order valence-corrected chi connectivity index (χ0v) is 15.1. The van der Waals surface area contributed by atoms with Crippen LogP contribution in [-0.2, 0) is 16.0 Å². The summed E-state index contributed by atoms with van der Waals surface area (Å²) < 4.78 is 11.2. The Morgan fingerprint density at radius 1 is 1.33 bits per heavy atom. The monoisotopic (exact) mass is 332 g/mol. The lowest BCUT2D eigenvalue weighted by atomic mass is 10.1. The molecule has 2 aromatic rings. The van der Waals surface area contributed by atoms with Crippen molar-refractivity contribution in [2.45, 2.75) is 39.7 Å². The molecule has 132 valence electrons. The molecule has 0 saturated heterocycles. The van der Waals surface area contributed by atoms with Crippen molar-refractivity contribution < 1.29 is 14.3 Å². The van der Waals surface area contributed by atoms with Crippen molar-refractivity contribution >= 4 is 16.8 Å². The van der Waals surface area contributed by atoms with Crippen LogP contribution in [0, 0.1) is 0 Å². The molecular weight excluding hydrogens is 304 g/mol. The van der Waals surface area contributed by atoms with Crippen molar-refractivity contribution in [1.29, 1.82) is 0 Å². The van der Waals surface area contributed by atoms with E-state index < -0.39 is 0 Å². The van der Waals surface area contributed by atoms with E-state index in [-0.39, 0.29) is 12.0 Å². The lowest BCUT2D eigenvalue weighted by Crippen LogP contribution is -2.30. The van der Waals surface area contributed by atoms with Gasteiger partial charge in [-0.25, -0.2) is 0 Å². The number of likely N-dealkylation sites (N-methyl/N-ethyl adjacent to an activating group) is 1. The van der Waals surface area contributed by atoms with Gasteiger partial charge in [0.25, 0.3) is 0 Å². The first kappa shape index (κ1) is 18.3. The number of aromatic nitrogens is 1. The summed E-state index contributed by atoms with van der Waals surface area (Å²) >= 11 is 0. The molecule has 1 aromatic carbocycles. The molecule has 0 radical (unpaired) electrons. The first-order chi connectivity index (χ1) is 11.5. The summed E-state index contributed by atoms with van der Waals surface area (Å²) in [5.41, 5.74) is 1.97. The zero-order chi connectivity index (χ0) is 17.5. The van der Waals surface area contributed by atoms with Gasteiger partial charge in [0.1, 0.15) is 5.75 Å². The molecule has 2 rings (SSSR count). The van der Waals surface area contributed by atoms with Gasteiger partial charge < -0.3 is 19.4 Å². The van der Waals surface area contributed by atoms with Crippen molar-refractivity contribution in [2.24, 2.45) is 0 Å². The molecule has 24 heavy (non-hydrogen) atoms. The van der Waals surface area contributed by atoms with Crippen LogP contribution in [0.3, 0.4) is 0 Å². The van der Waals surface area contributed by atoms with E-state index in [4.69, 9.17) is 9.47 Å². The summed E-state index contributed by atoms with van der Waals surface area (Å²) in [5, 5.41) is 1.00. The lowest BCUT2D eigenvalue weighted by Gasteiger charge is -2.17. The Bertz CT molecular complexity index is 664. The van der Waals surface area contributed by atoms with Crippen molar-refractivity contribution in [3.8, 4) is 5.75 Å². The van der Waals surface area contributed by atoms with Crippen molar-refractivity contribution in [1.82, 2.24) is 9.88 Å². The molecule has 0 aliphatic heterocycles. The Morgan fingerprint density at radius 3 is 2.83 bits per heavy atom. The molecule has 5 heteroatoms. The highest BCUT2D eigenvalue weighted by Crippen LogP contribution is 2.29. The maximum atomic E-state index is 12.5. The average molecular weight is 332 g/mol. The van der Waals surface area contributed by atoms with Gasteiger partial charge in [-0.3, -0.25) is 4.79 Å². The second kappa shape index (κ2) is 8.73. The molecule has 0 spiro atoms. The molecule has 0 unspecified atom stereocenters. The number of hydrogen-bond acceptors (Lipinski definition) is 3. The van der Waals surface area contributed by atoms with Gasteiger partial charge in [-0.1, -0.05) is 6.07 Å². The predicted octanol–water partition coefficient (Wildman–Crippen LogP) is 3.38. The van der Waals surface area contributed by atoms with Gasteiger partial charge in [0.05, 0.1) is 19.1 Å². The van der Waals surface area contributed by atoms with E-state index >= 15 is 0 Å². The molecule has 0 fully saturated rings. The molecule has 1 N–H and O–H groups in total. The highest BCUT2D eigenvalue weighted by atomic mass is 16.5. The van der Waals surface area contributed by atoms with Crippen LogP contribution in [0.25, 0.3) is 10.9 Å². The Labute approximate surface area is 143 Å². The Hall–Kier alpha value is -2.01. The average Bonchev–Trinajstić information content (AvgIpc) is 2.95. The SMILES string of the molecule is CCOc1cccc2[nH]cc(CC(=O)N(C)CCCOC(C)C)c12. The molecule has 0 saturated carbocycles. The van der Waals surface area contributed by atoms with E-state index in [0.29, 0.717) is 26.2 Å². The number of nitrogens with one attached hydrogen (secondary N) is 1. The molecule has 5 nitrogen and oxygen atoms in total. The maximum Gasteiger partial charge on any atom is 0.226 e. The first-order valence-corrected chi connectivity index (χ1v) is 8.60. The zero-order valence-electron chi connectivity index (χ0n) is 15.1. The largest absolute Gasteiger partial charge is 0.493 e. The maximum absolute atomic E-state index is 12.5. The minimum Gasteiger partial charge on any atom is -0.493 e. The second-order valence-corrected chi connectivity index (χ2v) is 6.19. The minimum absolute atomic E-state index is 0.103. The van der Waals surface area contributed by atoms with E-state index in [2.05, 4.69) is 4.98 Å². The van der Waals surface area contributed by atoms with Gasteiger partial charge in [-0.15, -0.1) is 0 Å². The number of amides is 1. The molecule has 1 heterocycles. The number of aromatic amines is 1. The van der Waals surface area contributed by atoms with Crippen LogP contribution in [0.2, 0.25) is 0 Å². The van der Waals surface area contributed by atoms with Crippen LogP contribution in [0.1, 0.15) is 32.8 Å². The van der Waals surface area contributed by atoms with Crippen LogP contribution < -0.4 is 4.74 Å². The topological polar surface area (TPSA) is 54.6 Å². The smallest absolute Gasteiger partial charge is 0.226 e. The van der Waals surface area contributed by atoms with Crippen molar-refractivity contribution in [2.75, 3.05) is 26.8 Å². The Balaban J connectivity index is 1.99. The molecule has 0 bridgehead atoms. The van der Waals surface area contributed by atoms with Crippen molar-refractivity contribution in [3.63, 3.8) is 0 Å². The van der Waals surface area contributed by atoms with Crippen LogP contribution >= 0.6 is 0 Å². The van der Waals surface area contributed by atoms with Gasteiger partial charge in [0.15, 0.2) is 0 Å². The van der Waals surface area contributed by atoms with Gasteiger partial charge in [-0.2, -0.15) is 0 Å². The number of fused-ring (bicyclic) bond motifs is 1. The fourth-order valence-corrected chi connectivity index (χ4v) is 2.68. The van der Waals surface area contributed by atoms with E-state index in [9.17, 15) is 4.79 Å². The number of ether oxygens (including phenoxy) is 2. The minimum atomic E-state index is 0.103. The Kier molecular flexibility index (Phi) is 6.67. The fourth-order valence-electron chi connectivity index (χ4n) is 2.68. The highest BCUT2D eigenvalue weighted by molar-refractivity contribution is 5.93. The van der Waals surface area contributed by atoms with Crippen LogP contribution in [0.4, 0.5) is 0 Å². The van der Waals surface area contributed by atoms with E-state index in [0.717, 1.165) is 28.6 Å². The number of nitrogens with zero attached hydrogens (tertiary/aromatic N) is 1. The van der Waals surface area contributed by atoms with Gasteiger partial charge in [0.2, 0.25) is 5.91 Å². The summed E-state index contributed by atoms with van der Waals surface area (Å²) in [5.74, 6) is 0.929. The number of carbonyl (C=O) groups is 1. The molecule has 1 amide bonds. The molecule has 0 aliphatic rings. The number of carbonyl (C=O) groups excluding carboxylic acids is 1. The molecular formula is C19H28N2O3. The van der Waals surface area contributed by atoms with E-state index in [1.54, 1.807) is 4.90 Å². The standard InChI is InChI=1S/C19H28N2O3/c1-5-23-17-9-6-8-16-19(17)15(13-20-16)12-18(22)21(4)10-7-11-24-14(2)3/h6,8-9,13-14,20H,5,7,10-12H2,1-4H3.